The number of aryl methyl sites for hydroxylation is 1. The summed E-state index contributed by atoms with van der Waals surface area (Å²) in [5, 5.41) is 4.35. The number of aromatic amines is 1. The number of amides is 2. The molecule has 0 bridgehead atoms. The van der Waals surface area contributed by atoms with Crippen molar-refractivity contribution in [1.29, 1.82) is 0 Å². The average Bonchev–Trinajstić information content (AvgIpc) is 3.31. The quantitative estimate of drug-likeness (QED) is 0.104. The highest BCUT2D eigenvalue weighted by Crippen LogP contribution is 2.43. The normalized spacial score (nSPS) is 19.1. The molecule has 0 radical (unpaired) electrons. The number of nitrogens with two attached hydrogens (primary N) is 1. The number of alkyl halides is 3. The number of carbonyl (C=O) groups excluding carboxylic acids is 2. The van der Waals surface area contributed by atoms with E-state index < -0.39 is 29.0 Å². The third-order valence-corrected chi connectivity index (χ3v) is 14.1. The van der Waals surface area contributed by atoms with E-state index >= 15 is 0 Å². The number of nitrogen functional groups attached to an aromatic ring is 1. The predicted molar refractivity (Wildman–Crippen MR) is 252 cm³/mol. The topological polar surface area (TPSA) is 172 Å². The molecule has 2 saturated heterocycles. The Bertz CT molecular complexity index is 2740. The maximum absolute atomic E-state index is 13.8. The van der Waals surface area contributed by atoms with Gasteiger partial charge in [0, 0.05) is 80.2 Å². The summed E-state index contributed by atoms with van der Waals surface area (Å²) in [6, 6.07) is 13.0. The van der Waals surface area contributed by atoms with Crippen LogP contribution in [0, 0.1) is 18.8 Å². The number of nitrogens with zero attached hydrogens (tertiary/aromatic N) is 6. The minimum Gasteiger partial charge on any atom is -0.496 e. The van der Waals surface area contributed by atoms with Crippen LogP contribution in [0.5, 0.6) is 5.75 Å². The summed E-state index contributed by atoms with van der Waals surface area (Å²) in [5.74, 6) is 2.44. The molecule has 4 heterocycles. The molecular weight excluding hydrogens is 887 g/mol. The molecule has 1 atom stereocenters. The lowest BCUT2D eigenvalue weighted by Crippen LogP contribution is -2.50. The summed E-state index contributed by atoms with van der Waals surface area (Å²) in [6.07, 6.45) is 3.91. The molecule has 1 saturated carbocycles. The third-order valence-electron chi connectivity index (χ3n) is 13.8. The van der Waals surface area contributed by atoms with Gasteiger partial charge in [-0.25, -0.2) is 14.8 Å². The number of hydrogen-bond donors (Lipinski definition) is 3. The highest BCUT2D eigenvalue weighted by molar-refractivity contribution is 6.32. The van der Waals surface area contributed by atoms with Crippen molar-refractivity contribution in [3.05, 3.63) is 115 Å². The van der Waals surface area contributed by atoms with Crippen molar-refractivity contribution in [3.8, 4) is 11.4 Å². The lowest BCUT2D eigenvalue weighted by atomic mass is 9.77. The zero-order valence-electron chi connectivity index (χ0n) is 38.0. The summed E-state index contributed by atoms with van der Waals surface area (Å²) in [7, 11) is 1.63. The lowest BCUT2D eigenvalue weighted by molar-refractivity contribution is -0.138. The zero-order valence-corrected chi connectivity index (χ0v) is 38.8. The number of methoxy groups -OCH3 is 1. The number of aromatic nitrogens is 4. The first-order valence-electron chi connectivity index (χ1n) is 23.1. The maximum Gasteiger partial charge on any atom is 0.416 e. The molecule has 1 aliphatic carbocycles. The van der Waals surface area contributed by atoms with Crippen molar-refractivity contribution >= 4 is 45.8 Å². The largest absolute Gasteiger partial charge is 0.496 e. The molecule has 3 aliphatic rings. The van der Waals surface area contributed by atoms with E-state index in [1.807, 2.05) is 21.9 Å². The Kier molecular flexibility index (Phi) is 14.3. The average molecular weight is 944 g/mol. The number of rotatable bonds is 12. The number of ether oxygens (including phenoxy) is 1. The van der Waals surface area contributed by atoms with E-state index in [0.717, 1.165) is 94.1 Å². The van der Waals surface area contributed by atoms with Crippen molar-refractivity contribution in [2.45, 2.75) is 83.4 Å². The number of halogens is 4. The van der Waals surface area contributed by atoms with Gasteiger partial charge in [0.05, 0.1) is 34.9 Å². The summed E-state index contributed by atoms with van der Waals surface area (Å²) < 4.78 is 47.9. The molecule has 4 N–H and O–H groups in total. The Morgan fingerprint density at radius 1 is 0.925 bits per heavy atom. The number of benzene rings is 3. The number of hydrogen-bond acceptors (Lipinski definition) is 10. The molecule has 14 nitrogen and oxygen atoms in total. The summed E-state index contributed by atoms with van der Waals surface area (Å²) in [6.45, 7) is 8.91. The number of fused-ring (bicyclic) bond motifs is 1. The molecule has 0 spiro atoms. The zero-order chi connectivity index (χ0) is 47.6. The summed E-state index contributed by atoms with van der Waals surface area (Å²) in [4.78, 5) is 69.1. The Morgan fingerprint density at radius 3 is 2.34 bits per heavy atom. The number of anilines is 2. The van der Waals surface area contributed by atoms with Crippen LogP contribution in [-0.4, -0.2) is 99.0 Å². The fourth-order valence-electron chi connectivity index (χ4n) is 10.0. The van der Waals surface area contributed by atoms with E-state index in [2.05, 4.69) is 25.2 Å². The van der Waals surface area contributed by atoms with Crippen LogP contribution < -0.4 is 27.0 Å². The number of carbonyl (C=O) groups is 2. The van der Waals surface area contributed by atoms with Crippen LogP contribution in [0.2, 0.25) is 5.02 Å². The van der Waals surface area contributed by atoms with E-state index in [-0.39, 0.29) is 34.4 Å². The minimum atomic E-state index is -4.53. The first-order chi connectivity index (χ1) is 32.0. The van der Waals surface area contributed by atoms with E-state index in [4.69, 9.17) is 22.1 Å². The lowest BCUT2D eigenvalue weighted by Gasteiger charge is -2.38. The molecular formula is C49H57ClF3N9O5. The van der Waals surface area contributed by atoms with Crippen LogP contribution in [0.15, 0.2) is 70.4 Å². The Balaban J connectivity index is 0.794. The Hall–Kier alpha value is -5.94. The molecule has 18 heteroatoms. The van der Waals surface area contributed by atoms with E-state index in [1.54, 1.807) is 39.2 Å². The highest BCUT2D eigenvalue weighted by atomic mass is 35.5. The van der Waals surface area contributed by atoms with Gasteiger partial charge >= 0.3 is 11.9 Å². The van der Waals surface area contributed by atoms with Gasteiger partial charge in [-0.1, -0.05) is 11.6 Å². The molecule has 5 aromatic rings. The van der Waals surface area contributed by atoms with Crippen molar-refractivity contribution in [2.75, 3.05) is 64.0 Å². The van der Waals surface area contributed by atoms with Crippen molar-refractivity contribution in [3.63, 3.8) is 0 Å². The number of piperazine rings is 1. The van der Waals surface area contributed by atoms with Gasteiger partial charge in [0.15, 0.2) is 0 Å². The Labute approximate surface area is 391 Å². The van der Waals surface area contributed by atoms with Gasteiger partial charge < -0.3 is 25.6 Å². The van der Waals surface area contributed by atoms with Crippen LogP contribution in [0.3, 0.4) is 0 Å². The molecule has 8 rings (SSSR count). The van der Waals surface area contributed by atoms with E-state index in [0.29, 0.717) is 71.8 Å². The second-order valence-corrected chi connectivity index (χ2v) is 18.6. The predicted octanol–water partition coefficient (Wildman–Crippen LogP) is 7.96. The monoisotopic (exact) mass is 943 g/mol. The third kappa shape index (κ3) is 10.9. The number of H-pyrrole nitrogens is 1. The number of nitrogens with one attached hydrogen (secondary N) is 2. The van der Waals surface area contributed by atoms with Crippen LogP contribution in [-0.2, 0) is 11.0 Å². The number of piperidine rings is 1. The molecule has 67 heavy (non-hydrogen) atoms. The van der Waals surface area contributed by atoms with Gasteiger partial charge in [-0.2, -0.15) is 13.2 Å². The van der Waals surface area contributed by atoms with E-state index in [1.165, 1.54) is 22.9 Å². The van der Waals surface area contributed by atoms with Gasteiger partial charge in [0.1, 0.15) is 17.4 Å². The van der Waals surface area contributed by atoms with Gasteiger partial charge in [-0.15, -0.1) is 0 Å². The fourth-order valence-corrected chi connectivity index (χ4v) is 10.2. The molecule has 3 fully saturated rings. The molecule has 2 aliphatic heterocycles. The second kappa shape index (κ2) is 20.1. The Morgan fingerprint density at radius 2 is 1.66 bits per heavy atom. The van der Waals surface area contributed by atoms with Gasteiger partial charge in [0.2, 0.25) is 5.91 Å². The molecule has 0 unspecified atom stereocenters. The van der Waals surface area contributed by atoms with Crippen LogP contribution >= 0.6 is 11.6 Å². The number of likely N-dealkylation sites (tertiary alicyclic amines) is 1. The summed E-state index contributed by atoms with van der Waals surface area (Å²) >= 11 is 6.37. The van der Waals surface area contributed by atoms with Crippen molar-refractivity contribution < 1.29 is 27.5 Å². The molecule has 3 aromatic carbocycles. The smallest absolute Gasteiger partial charge is 0.416 e. The molecule has 356 valence electrons. The van der Waals surface area contributed by atoms with Gasteiger partial charge in [0.25, 0.3) is 11.5 Å². The van der Waals surface area contributed by atoms with Crippen LogP contribution in [0.25, 0.3) is 16.6 Å². The molecule has 2 aromatic heterocycles. The second-order valence-electron chi connectivity index (χ2n) is 18.2. The molecule has 2 amide bonds. The standard InChI is InChI=1S/C49H57ClF3N9O5/c1-29(35-23-36(49(51,52)53)26-37(54)24-35)55-45-39-27-38(43(67-3)28-41(39)56-30(2)57-45)32-6-8-33(9-7-32)46(64)61-21-19-59(20-22-61)15-4-5-31-12-16-60(17-13-31)47(65)34-10-11-40(50)42(25-34)62-18-14-44(63)58-48(62)66/h10-11,14,18,23-29,31-33H,4-9,12-13,15-17,19-22,54H2,1-3H3,(H,55,56,57)(H,58,63,66)/t29-,32?,33?/m1/s1. The SMILES string of the molecule is COc1cc2nc(C)nc(N[C@H](C)c3cc(N)cc(C(F)(F)F)c3)c2cc1C1CCC(C(=O)N2CCN(CCCC3CCN(C(=O)c4ccc(Cl)c(-n5ccc(=O)[nH]c5=O)c4)CC3)CC2)CC1. The maximum atomic E-state index is 13.8. The van der Waals surface area contributed by atoms with Crippen molar-refractivity contribution in [2.24, 2.45) is 11.8 Å². The first-order valence-corrected chi connectivity index (χ1v) is 23.4. The van der Waals surface area contributed by atoms with Gasteiger partial charge in [-0.05, 0) is 137 Å². The highest BCUT2D eigenvalue weighted by Gasteiger charge is 2.34. The minimum absolute atomic E-state index is 0.0279. The fraction of sp³-hybridized carbons (Fsp3) is 0.469. The van der Waals surface area contributed by atoms with Crippen molar-refractivity contribution in [1.82, 2.24) is 34.2 Å². The summed E-state index contributed by atoms with van der Waals surface area (Å²) in [5.41, 5.74) is 6.75. The van der Waals surface area contributed by atoms with Gasteiger partial charge in [-0.3, -0.25) is 28.8 Å². The first kappa shape index (κ1) is 47.5. The van der Waals surface area contributed by atoms with E-state index in [9.17, 15) is 32.3 Å². The van der Waals surface area contributed by atoms with Crippen LogP contribution in [0.4, 0.5) is 24.7 Å². The van der Waals surface area contributed by atoms with Crippen LogP contribution in [0.1, 0.15) is 103 Å².